The molecule has 1 amide bonds. The first-order valence-corrected chi connectivity index (χ1v) is 7.51. The van der Waals surface area contributed by atoms with E-state index < -0.39 is 5.60 Å². The van der Waals surface area contributed by atoms with Gasteiger partial charge in [-0.3, -0.25) is 4.79 Å². The van der Waals surface area contributed by atoms with Crippen LogP contribution in [0.25, 0.3) is 0 Å². The van der Waals surface area contributed by atoms with E-state index in [2.05, 4.69) is 0 Å². The zero-order valence-electron chi connectivity index (χ0n) is 14.3. The maximum absolute atomic E-state index is 11.7. The average molecular weight is 319 g/mol. The summed E-state index contributed by atoms with van der Waals surface area (Å²) in [5, 5.41) is 0. The Labute approximate surface area is 132 Å². The molecule has 0 rings (SSSR count). The highest BCUT2D eigenvalue weighted by molar-refractivity contribution is 5.69. The fraction of sp³-hybridized carbons (Fsp3) is 0.867. The van der Waals surface area contributed by atoms with Crippen molar-refractivity contribution in [3.05, 3.63) is 0 Å². The number of rotatable bonds is 10. The van der Waals surface area contributed by atoms with Crippen molar-refractivity contribution in [3.63, 3.8) is 0 Å². The van der Waals surface area contributed by atoms with Crippen molar-refractivity contribution < 1.29 is 28.5 Å². The van der Waals surface area contributed by atoms with Crippen molar-refractivity contribution in [1.82, 2.24) is 4.90 Å². The molecule has 0 atom stereocenters. The number of amides is 1. The van der Waals surface area contributed by atoms with Crippen molar-refractivity contribution in [1.29, 1.82) is 0 Å². The lowest BCUT2D eigenvalue weighted by Gasteiger charge is -2.24. The SMILES string of the molecule is CCOC(=O)CCOCCOCCN(C)C(=O)OC(C)(C)C. The van der Waals surface area contributed by atoms with E-state index in [9.17, 15) is 9.59 Å². The van der Waals surface area contributed by atoms with Gasteiger partial charge in [0.15, 0.2) is 0 Å². The van der Waals surface area contributed by atoms with Crippen LogP contribution in [-0.4, -0.2) is 69.2 Å². The van der Waals surface area contributed by atoms with Gasteiger partial charge in [0, 0.05) is 13.6 Å². The second-order valence-electron chi connectivity index (χ2n) is 5.68. The van der Waals surface area contributed by atoms with Crippen LogP contribution in [-0.2, 0) is 23.7 Å². The lowest BCUT2D eigenvalue weighted by molar-refractivity contribution is -0.144. The number of nitrogens with zero attached hydrogens (tertiary/aromatic N) is 1. The predicted octanol–water partition coefficient (Wildman–Crippen LogP) is 1.84. The number of carbonyl (C=O) groups is 2. The zero-order valence-corrected chi connectivity index (χ0v) is 14.3. The Morgan fingerprint density at radius 2 is 1.59 bits per heavy atom. The molecule has 0 spiro atoms. The lowest BCUT2D eigenvalue weighted by Crippen LogP contribution is -2.36. The van der Waals surface area contributed by atoms with Gasteiger partial charge in [0.1, 0.15) is 5.60 Å². The first kappa shape index (κ1) is 20.7. The van der Waals surface area contributed by atoms with Gasteiger partial charge in [0.25, 0.3) is 0 Å². The largest absolute Gasteiger partial charge is 0.466 e. The Morgan fingerprint density at radius 1 is 1.00 bits per heavy atom. The zero-order chi connectivity index (χ0) is 17.0. The van der Waals surface area contributed by atoms with E-state index in [0.29, 0.717) is 39.6 Å². The van der Waals surface area contributed by atoms with Crippen LogP contribution in [0, 0.1) is 0 Å². The molecule has 0 saturated carbocycles. The molecule has 0 aromatic rings. The molecule has 0 bridgehead atoms. The molecule has 0 aromatic carbocycles. The smallest absolute Gasteiger partial charge is 0.410 e. The Hall–Kier alpha value is -1.34. The van der Waals surface area contributed by atoms with E-state index in [-0.39, 0.29) is 18.5 Å². The number of carbonyl (C=O) groups excluding carboxylic acids is 2. The van der Waals surface area contributed by atoms with E-state index >= 15 is 0 Å². The number of hydrogen-bond acceptors (Lipinski definition) is 6. The van der Waals surface area contributed by atoms with Crippen LogP contribution in [0.15, 0.2) is 0 Å². The second kappa shape index (κ2) is 11.3. The fourth-order valence-electron chi connectivity index (χ4n) is 1.34. The molecule has 0 saturated heterocycles. The van der Waals surface area contributed by atoms with Crippen molar-refractivity contribution in [3.8, 4) is 0 Å². The summed E-state index contributed by atoms with van der Waals surface area (Å²) < 4.78 is 20.6. The van der Waals surface area contributed by atoms with Gasteiger partial charge in [-0.1, -0.05) is 0 Å². The molecule has 0 unspecified atom stereocenters. The van der Waals surface area contributed by atoms with Gasteiger partial charge in [0.05, 0.1) is 39.5 Å². The van der Waals surface area contributed by atoms with Gasteiger partial charge in [-0.2, -0.15) is 0 Å². The van der Waals surface area contributed by atoms with Crippen LogP contribution in [0.2, 0.25) is 0 Å². The molecule has 0 heterocycles. The van der Waals surface area contributed by atoms with Gasteiger partial charge in [-0.05, 0) is 27.7 Å². The van der Waals surface area contributed by atoms with Gasteiger partial charge in [-0.25, -0.2) is 4.79 Å². The maximum atomic E-state index is 11.7. The van der Waals surface area contributed by atoms with Gasteiger partial charge in [0.2, 0.25) is 0 Å². The number of hydrogen-bond donors (Lipinski definition) is 0. The van der Waals surface area contributed by atoms with E-state index in [4.69, 9.17) is 18.9 Å². The monoisotopic (exact) mass is 319 g/mol. The Balaban J connectivity index is 3.49. The normalized spacial score (nSPS) is 11.1. The van der Waals surface area contributed by atoms with Crippen LogP contribution < -0.4 is 0 Å². The Bertz CT molecular complexity index is 326. The maximum Gasteiger partial charge on any atom is 0.410 e. The van der Waals surface area contributed by atoms with Crippen molar-refractivity contribution >= 4 is 12.1 Å². The highest BCUT2D eigenvalue weighted by Crippen LogP contribution is 2.08. The quantitative estimate of drug-likeness (QED) is 0.452. The molecule has 0 aromatic heterocycles. The van der Waals surface area contributed by atoms with Gasteiger partial charge >= 0.3 is 12.1 Å². The highest BCUT2D eigenvalue weighted by Gasteiger charge is 2.19. The molecule has 7 heteroatoms. The summed E-state index contributed by atoms with van der Waals surface area (Å²) in [6, 6.07) is 0. The molecule has 0 aliphatic rings. The molecule has 0 N–H and O–H groups in total. The molecule has 0 aliphatic carbocycles. The Kier molecular flexibility index (Phi) is 10.6. The van der Waals surface area contributed by atoms with Crippen LogP contribution in [0.3, 0.4) is 0 Å². The molecule has 0 aliphatic heterocycles. The standard InChI is InChI=1S/C15H29NO6/c1-6-21-13(17)7-9-19-11-12-20-10-8-16(5)14(18)22-15(2,3)4/h6-12H2,1-5H3. The topological polar surface area (TPSA) is 74.3 Å². The third-order valence-electron chi connectivity index (χ3n) is 2.40. The van der Waals surface area contributed by atoms with E-state index in [0.717, 1.165) is 0 Å². The van der Waals surface area contributed by atoms with Crippen molar-refractivity contribution in [2.45, 2.75) is 39.7 Å². The number of likely N-dealkylation sites (N-methyl/N-ethyl adjacent to an activating group) is 1. The fourth-order valence-corrected chi connectivity index (χ4v) is 1.34. The van der Waals surface area contributed by atoms with Crippen LogP contribution in [0.4, 0.5) is 4.79 Å². The molecule has 0 fully saturated rings. The summed E-state index contributed by atoms with van der Waals surface area (Å²) in [7, 11) is 1.66. The molecular formula is C15H29NO6. The van der Waals surface area contributed by atoms with Crippen molar-refractivity contribution in [2.75, 3.05) is 46.6 Å². The Morgan fingerprint density at radius 3 is 2.14 bits per heavy atom. The van der Waals surface area contributed by atoms with Gasteiger partial charge < -0.3 is 23.8 Å². The summed E-state index contributed by atoms with van der Waals surface area (Å²) >= 11 is 0. The lowest BCUT2D eigenvalue weighted by atomic mass is 10.2. The summed E-state index contributed by atoms with van der Waals surface area (Å²) in [6.45, 7) is 9.58. The molecule has 7 nitrogen and oxygen atoms in total. The third-order valence-corrected chi connectivity index (χ3v) is 2.40. The second-order valence-corrected chi connectivity index (χ2v) is 5.68. The van der Waals surface area contributed by atoms with Crippen LogP contribution in [0.5, 0.6) is 0 Å². The van der Waals surface area contributed by atoms with Crippen molar-refractivity contribution in [2.24, 2.45) is 0 Å². The number of esters is 1. The minimum atomic E-state index is -0.501. The highest BCUT2D eigenvalue weighted by atomic mass is 16.6. The summed E-state index contributed by atoms with van der Waals surface area (Å²) in [6.07, 6.45) is -0.128. The van der Waals surface area contributed by atoms with Gasteiger partial charge in [-0.15, -0.1) is 0 Å². The summed E-state index contributed by atoms with van der Waals surface area (Å²) in [5.74, 6) is -0.262. The van der Waals surface area contributed by atoms with Crippen LogP contribution >= 0.6 is 0 Å². The average Bonchev–Trinajstić information content (AvgIpc) is 2.39. The summed E-state index contributed by atoms with van der Waals surface area (Å²) in [4.78, 5) is 24.2. The minimum absolute atomic E-state index is 0.245. The van der Waals surface area contributed by atoms with Crippen LogP contribution in [0.1, 0.15) is 34.1 Å². The first-order valence-electron chi connectivity index (χ1n) is 7.51. The predicted molar refractivity (Wildman–Crippen MR) is 81.8 cm³/mol. The molecule has 130 valence electrons. The minimum Gasteiger partial charge on any atom is -0.466 e. The van der Waals surface area contributed by atoms with E-state index in [1.807, 2.05) is 20.8 Å². The van der Waals surface area contributed by atoms with E-state index in [1.165, 1.54) is 4.90 Å². The van der Waals surface area contributed by atoms with E-state index in [1.54, 1.807) is 14.0 Å². The first-order chi connectivity index (χ1) is 10.3. The molecular weight excluding hydrogens is 290 g/mol. The summed E-state index contributed by atoms with van der Waals surface area (Å²) in [5.41, 5.74) is -0.501. The number of ether oxygens (including phenoxy) is 4. The molecule has 0 radical (unpaired) electrons. The third kappa shape index (κ3) is 12.4. The molecule has 22 heavy (non-hydrogen) atoms.